The van der Waals surface area contributed by atoms with E-state index >= 15 is 0 Å². The summed E-state index contributed by atoms with van der Waals surface area (Å²) in [6, 6.07) is 5.41. The van der Waals surface area contributed by atoms with Crippen LogP contribution in [0.5, 0.6) is 0 Å². The Balaban J connectivity index is 1.73. The number of aromatic nitrogens is 3. The van der Waals surface area contributed by atoms with Crippen LogP contribution in [0.25, 0.3) is 0 Å². The summed E-state index contributed by atoms with van der Waals surface area (Å²) < 4.78 is 7.54. The van der Waals surface area contributed by atoms with Gasteiger partial charge in [0.05, 0.1) is 6.10 Å². The summed E-state index contributed by atoms with van der Waals surface area (Å²) in [6.07, 6.45) is 1.97. The second-order valence-corrected chi connectivity index (χ2v) is 6.07. The highest BCUT2D eigenvalue weighted by molar-refractivity contribution is 9.10. The fourth-order valence-corrected chi connectivity index (χ4v) is 2.77. The molecule has 0 spiro atoms. The van der Waals surface area contributed by atoms with Gasteiger partial charge in [-0.2, -0.15) is 0 Å². The molecule has 116 valence electrons. The van der Waals surface area contributed by atoms with E-state index in [-0.39, 0.29) is 11.7 Å². The normalized spacial score (nSPS) is 14.8. The number of methoxy groups -OCH3 is 1. The van der Waals surface area contributed by atoms with Gasteiger partial charge in [0.25, 0.3) is 5.56 Å². The van der Waals surface area contributed by atoms with Crippen molar-refractivity contribution in [2.75, 3.05) is 30.4 Å². The van der Waals surface area contributed by atoms with Gasteiger partial charge in [0.1, 0.15) is 5.69 Å². The average Bonchev–Trinajstić information content (AvgIpc) is 2.45. The Morgan fingerprint density at radius 3 is 2.77 bits per heavy atom. The molecular formula is C14H16BrN5O2. The molecule has 1 saturated heterocycles. The fourth-order valence-electron chi connectivity index (χ4n) is 2.23. The zero-order valence-corrected chi connectivity index (χ0v) is 13.9. The molecule has 3 heterocycles. The zero-order valence-electron chi connectivity index (χ0n) is 12.3. The smallest absolute Gasteiger partial charge is 0.274 e. The molecule has 1 fully saturated rings. The Labute approximate surface area is 136 Å². The maximum atomic E-state index is 12.0. The lowest BCUT2D eigenvalue weighted by atomic mass is 10.2. The van der Waals surface area contributed by atoms with E-state index < -0.39 is 0 Å². The first-order valence-corrected chi connectivity index (χ1v) is 7.61. The van der Waals surface area contributed by atoms with E-state index in [0.29, 0.717) is 11.5 Å². The maximum absolute atomic E-state index is 12.0. The largest absolute Gasteiger partial charge is 0.378 e. The van der Waals surface area contributed by atoms with E-state index in [9.17, 15) is 4.79 Å². The molecule has 0 atom stereocenters. The Morgan fingerprint density at radius 2 is 2.14 bits per heavy atom. The van der Waals surface area contributed by atoms with Crippen LogP contribution < -0.4 is 15.8 Å². The van der Waals surface area contributed by atoms with Crippen molar-refractivity contribution in [2.45, 2.75) is 6.10 Å². The molecule has 2 aromatic heterocycles. The molecule has 0 amide bonds. The van der Waals surface area contributed by atoms with Crippen molar-refractivity contribution < 1.29 is 4.74 Å². The van der Waals surface area contributed by atoms with Crippen LogP contribution in [0.3, 0.4) is 0 Å². The number of ether oxygens (including phenoxy) is 1. The van der Waals surface area contributed by atoms with Crippen LogP contribution in [0.4, 0.5) is 17.3 Å². The van der Waals surface area contributed by atoms with Crippen molar-refractivity contribution in [1.29, 1.82) is 0 Å². The van der Waals surface area contributed by atoms with Gasteiger partial charge in [-0.3, -0.25) is 4.79 Å². The van der Waals surface area contributed by atoms with E-state index in [2.05, 4.69) is 36.3 Å². The predicted octanol–water partition coefficient (Wildman–Crippen LogP) is 1.52. The number of halogens is 1. The standard InChI is InChI=1S/C14H16BrN5O2/c1-19-6-9(15)5-11(14(19)21)16-12-3-4-13(18-17-12)20-7-10(8-20)22-2/h3-6,10H,7-8H2,1-2H3,(H,16,17). The first-order valence-electron chi connectivity index (χ1n) is 6.81. The fraction of sp³-hybridized carbons (Fsp3) is 0.357. The molecular weight excluding hydrogens is 350 g/mol. The Bertz CT molecular complexity index is 725. The van der Waals surface area contributed by atoms with Gasteiger partial charge in [-0.25, -0.2) is 0 Å². The van der Waals surface area contributed by atoms with Crippen LogP contribution in [0, 0.1) is 0 Å². The highest BCUT2D eigenvalue weighted by atomic mass is 79.9. The maximum Gasteiger partial charge on any atom is 0.274 e. The molecule has 8 heteroatoms. The van der Waals surface area contributed by atoms with Gasteiger partial charge >= 0.3 is 0 Å². The van der Waals surface area contributed by atoms with Crippen LogP contribution in [-0.2, 0) is 11.8 Å². The number of nitrogens with one attached hydrogen (secondary N) is 1. The minimum absolute atomic E-state index is 0.125. The lowest BCUT2D eigenvalue weighted by Crippen LogP contribution is -2.52. The monoisotopic (exact) mass is 365 g/mol. The van der Waals surface area contributed by atoms with Crippen LogP contribution in [0.15, 0.2) is 33.7 Å². The third-order valence-corrected chi connectivity index (χ3v) is 4.00. The molecule has 22 heavy (non-hydrogen) atoms. The topological polar surface area (TPSA) is 72.3 Å². The minimum Gasteiger partial charge on any atom is -0.378 e. The average molecular weight is 366 g/mol. The number of anilines is 3. The molecule has 0 unspecified atom stereocenters. The van der Waals surface area contributed by atoms with Crippen molar-refractivity contribution in [3.05, 3.63) is 39.2 Å². The highest BCUT2D eigenvalue weighted by Crippen LogP contribution is 2.21. The van der Waals surface area contributed by atoms with Gasteiger partial charge in [-0.05, 0) is 34.1 Å². The molecule has 0 radical (unpaired) electrons. The molecule has 0 saturated carbocycles. The van der Waals surface area contributed by atoms with Gasteiger partial charge in [0.2, 0.25) is 0 Å². The van der Waals surface area contributed by atoms with Crippen molar-refractivity contribution in [2.24, 2.45) is 7.05 Å². The molecule has 3 rings (SSSR count). The van der Waals surface area contributed by atoms with E-state index in [0.717, 1.165) is 23.4 Å². The summed E-state index contributed by atoms with van der Waals surface area (Å²) in [5, 5.41) is 11.3. The first-order chi connectivity index (χ1) is 10.6. The third kappa shape index (κ3) is 2.97. The van der Waals surface area contributed by atoms with E-state index in [1.807, 2.05) is 12.1 Å². The lowest BCUT2D eigenvalue weighted by Gasteiger charge is -2.38. The number of hydrogen-bond acceptors (Lipinski definition) is 6. The summed E-state index contributed by atoms with van der Waals surface area (Å²) in [4.78, 5) is 14.1. The van der Waals surface area contributed by atoms with Gasteiger partial charge < -0.3 is 19.5 Å². The summed E-state index contributed by atoms with van der Waals surface area (Å²) in [6.45, 7) is 1.65. The molecule has 0 bridgehead atoms. The van der Waals surface area contributed by atoms with Crippen LogP contribution in [0.2, 0.25) is 0 Å². The van der Waals surface area contributed by atoms with Gasteiger partial charge in [0, 0.05) is 37.9 Å². The van der Waals surface area contributed by atoms with Crippen LogP contribution in [-0.4, -0.2) is 41.1 Å². The number of pyridine rings is 1. The van der Waals surface area contributed by atoms with Gasteiger partial charge in [-0.15, -0.1) is 10.2 Å². The zero-order chi connectivity index (χ0) is 15.7. The minimum atomic E-state index is -0.125. The molecule has 1 N–H and O–H groups in total. The molecule has 0 aromatic carbocycles. The van der Waals surface area contributed by atoms with Crippen LogP contribution >= 0.6 is 15.9 Å². The Kier molecular flexibility index (Phi) is 4.12. The number of aryl methyl sites for hydroxylation is 1. The van der Waals surface area contributed by atoms with Crippen molar-refractivity contribution in [3.63, 3.8) is 0 Å². The Hall–Kier alpha value is -1.93. The molecule has 1 aliphatic rings. The van der Waals surface area contributed by atoms with Crippen molar-refractivity contribution in [1.82, 2.24) is 14.8 Å². The van der Waals surface area contributed by atoms with Gasteiger partial charge in [0.15, 0.2) is 11.6 Å². The first kappa shape index (κ1) is 15.0. The van der Waals surface area contributed by atoms with E-state index in [1.165, 1.54) is 4.57 Å². The van der Waals surface area contributed by atoms with Crippen LogP contribution in [0.1, 0.15) is 0 Å². The lowest BCUT2D eigenvalue weighted by molar-refractivity contribution is 0.0782. The molecule has 0 aliphatic carbocycles. The Morgan fingerprint density at radius 1 is 1.36 bits per heavy atom. The second kappa shape index (κ2) is 6.05. The van der Waals surface area contributed by atoms with Crippen molar-refractivity contribution >= 4 is 33.3 Å². The van der Waals surface area contributed by atoms with Crippen molar-refractivity contribution in [3.8, 4) is 0 Å². The summed E-state index contributed by atoms with van der Waals surface area (Å²) in [5.41, 5.74) is 0.321. The van der Waals surface area contributed by atoms with E-state index in [1.54, 1.807) is 26.4 Å². The molecule has 2 aromatic rings. The van der Waals surface area contributed by atoms with Gasteiger partial charge in [-0.1, -0.05) is 0 Å². The SMILES string of the molecule is COC1CN(c2ccc(Nc3cc(Br)cn(C)c3=O)nn2)C1. The molecule has 1 aliphatic heterocycles. The predicted molar refractivity (Wildman–Crippen MR) is 87.7 cm³/mol. The number of rotatable bonds is 4. The quantitative estimate of drug-likeness (QED) is 0.885. The summed E-state index contributed by atoms with van der Waals surface area (Å²) >= 11 is 3.37. The highest BCUT2D eigenvalue weighted by Gasteiger charge is 2.27. The second-order valence-electron chi connectivity index (χ2n) is 5.15. The summed E-state index contributed by atoms with van der Waals surface area (Å²) in [7, 11) is 3.41. The number of hydrogen-bond donors (Lipinski definition) is 1. The number of nitrogens with zero attached hydrogens (tertiary/aromatic N) is 4. The van der Waals surface area contributed by atoms with E-state index in [4.69, 9.17) is 4.74 Å². The third-order valence-electron chi connectivity index (χ3n) is 3.57. The molecule has 7 nitrogen and oxygen atoms in total. The summed E-state index contributed by atoms with van der Waals surface area (Å²) in [5.74, 6) is 1.34.